The van der Waals surface area contributed by atoms with Crippen LogP contribution in [0.1, 0.15) is 38.5 Å². The van der Waals surface area contributed by atoms with Gasteiger partial charge in [-0.05, 0) is 74.6 Å². The summed E-state index contributed by atoms with van der Waals surface area (Å²) in [4.78, 5) is 16.7. The molecule has 1 atom stereocenters. The van der Waals surface area contributed by atoms with Gasteiger partial charge in [-0.3, -0.25) is 9.80 Å². The van der Waals surface area contributed by atoms with Crippen LogP contribution in [0.5, 0.6) is 0 Å². The van der Waals surface area contributed by atoms with E-state index in [0.29, 0.717) is 32.4 Å². The van der Waals surface area contributed by atoms with Crippen molar-refractivity contribution < 1.29 is 14.6 Å². The quantitative estimate of drug-likeness (QED) is 0.595. The molecule has 0 spiro atoms. The van der Waals surface area contributed by atoms with Crippen molar-refractivity contribution in [2.75, 3.05) is 54.6 Å². The number of benzene rings is 2. The second-order valence-corrected chi connectivity index (χ2v) is 10.9. The van der Waals surface area contributed by atoms with Crippen molar-refractivity contribution in [1.29, 1.82) is 0 Å². The molecule has 0 bridgehead atoms. The highest BCUT2D eigenvalue weighted by atomic mass is 16.5. The molecular formula is C29H37N5O3. The van der Waals surface area contributed by atoms with Gasteiger partial charge in [0.25, 0.3) is 0 Å². The molecule has 1 aliphatic carbocycles. The van der Waals surface area contributed by atoms with Gasteiger partial charge in [0.05, 0.1) is 30.5 Å². The van der Waals surface area contributed by atoms with Crippen LogP contribution >= 0.6 is 0 Å². The van der Waals surface area contributed by atoms with Crippen molar-refractivity contribution >= 4 is 34.9 Å². The molecule has 0 radical (unpaired) electrons. The number of ether oxygens (including phenoxy) is 1. The van der Waals surface area contributed by atoms with E-state index in [-0.39, 0.29) is 17.9 Å². The van der Waals surface area contributed by atoms with Crippen LogP contribution in [0, 0.1) is 5.92 Å². The Morgan fingerprint density at radius 2 is 1.76 bits per heavy atom. The molecule has 1 unspecified atom stereocenters. The number of rotatable bonds is 7. The highest BCUT2D eigenvalue weighted by Crippen LogP contribution is 2.37. The topological polar surface area (TPSA) is 80.6 Å². The van der Waals surface area contributed by atoms with Crippen LogP contribution in [-0.4, -0.2) is 73.2 Å². The third kappa shape index (κ3) is 5.60. The van der Waals surface area contributed by atoms with Crippen molar-refractivity contribution in [3.05, 3.63) is 48.5 Å². The summed E-state index contributed by atoms with van der Waals surface area (Å²) in [5.41, 5.74) is 3.52. The number of aliphatic hydroxyl groups is 1. The van der Waals surface area contributed by atoms with Crippen molar-refractivity contribution in [3.8, 4) is 0 Å². The Kier molecular flexibility index (Phi) is 6.78. The van der Waals surface area contributed by atoms with Gasteiger partial charge in [0.1, 0.15) is 0 Å². The van der Waals surface area contributed by atoms with E-state index in [0.717, 1.165) is 62.6 Å². The smallest absolute Gasteiger partial charge is 0.225 e. The van der Waals surface area contributed by atoms with Crippen LogP contribution in [0.15, 0.2) is 53.6 Å². The fourth-order valence-corrected chi connectivity index (χ4v) is 5.74. The highest BCUT2D eigenvalue weighted by molar-refractivity contribution is 5.81. The molecular weight excluding hydrogens is 466 g/mol. The van der Waals surface area contributed by atoms with E-state index in [2.05, 4.69) is 57.8 Å². The molecule has 6 rings (SSSR count). The van der Waals surface area contributed by atoms with E-state index in [1.807, 2.05) is 22.2 Å². The molecule has 37 heavy (non-hydrogen) atoms. The van der Waals surface area contributed by atoms with Crippen molar-refractivity contribution in [1.82, 2.24) is 4.90 Å². The fourth-order valence-electron chi connectivity index (χ4n) is 5.74. The molecule has 3 aliphatic heterocycles. The molecule has 2 N–H and O–H groups in total. The van der Waals surface area contributed by atoms with Gasteiger partial charge in [0.2, 0.25) is 5.91 Å². The predicted molar refractivity (Wildman–Crippen MR) is 147 cm³/mol. The van der Waals surface area contributed by atoms with Crippen LogP contribution < -0.4 is 15.2 Å². The first-order valence-electron chi connectivity index (χ1n) is 13.7. The number of hydrogen-bond donors (Lipinski definition) is 2. The molecule has 2 aromatic carbocycles. The molecule has 2 saturated heterocycles. The van der Waals surface area contributed by atoms with Crippen LogP contribution in [-0.2, 0) is 9.53 Å². The molecule has 3 heterocycles. The van der Waals surface area contributed by atoms with Gasteiger partial charge in [0, 0.05) is 61.8 Å². The minimum Gasteiger partial charge on any atom is -0.390 e. The van der Waals surface area contributed by atoms with Crippen molar-refractivity contribution in [3.63, 3.8) is 0 Å². The number of hydrogen-bond acceptors (Lipinski definition) is 7. The van der Waals surface area contributed by atoms with Crippen LogP contribution in [0.4, 0.5) is 22.7 Å². The molecule has 0 aromatic heterocycles. The second-order valence-electron chi connectivity index (χ2n) is 10.9. The van der Waals surface area contributed by atoms with Crippen LogP contribution in [0.25, 0.3) is 0 Å². The lowest BCUT2D eigenvalue weighted by atomic mass is 9.84. The summed E-state index contributed by atoms with van der Waals surface area (Å²) < 4.78 is 5.46. The zero-order valence-electron chi connectivity index (χ0n) is 21.4. The number of morpholine rings is 1. The standard InChI is InChI=1S/C29H37N5O3/c35-28(22-4-5-22)33-14-11-29(36,12-15-33)21-27-10-13-30-34(27)26-3-1-2-24(20-26)31-23-6-8-25(9-7-23)32-16-18-37-19-17-32/h1-3,6-9,13,20,22,27,31,36H,4-5,10-12,14-19,21H2. The fraction of sp³-hybridized carbons (Fsp3) is 0.517. The molecule has 1 saturated carbocycles. The van der Waals surface area contributed by atoms with E-state index < -0.39 is 5.60 Å². The van der Waals surface area contributed by atoms with E-state index in [9.17, 15) is 9.90 Å². The van der Waals surface area contributed by atoms with Crippen LogP contribution in [0.2, 0.25) is 0 Å². The summed E-state index contributed by atoms with van der Waals surface area (Å²) in [7, 11) is 0. The van der Waals surface area contributed by atoms with Gasteiger partial charge in [0.15, 0.2) is 0 Å². The van der Waals surface area contributed by atoms with Crippen molar-refractivity contribution in [2.24, 2.45) is 11.0 Å². The molecule has 3 fully saturated rings. The summed E-state index contributed by atoms with van der Waals surface area (Å²) in [6.45, 7) is 4.73. The molecule has 196 valence electrons. The van der Waals surface area contributed by atoms with Gasteiger partial charge in [-0.2, -0.15) is 5.10 Å². The first-order valence-corrected chi connectivity index (χ1v) is 13.7. The molecule has 2 aromatic rings. The van der Waals surface area contributed by atoms with E-state index in [1.165, 1.54) is 5.69 Å². The number of likely N-dealkylation sites (tertiary alicyclic amines) is 1. The Morgan fingerprint density at radius 1 is 1.00 bits per heavy atom. The number of nitrogens with one attached hydrogen (secondary N) is 1. The number of hydrazone groups is 1. The lowest BCUT2D eigenvalue weighted by Crippen LogP contribution is -2.49. The maximum absolute atomic E-state index is 12.4. The number of nitrogens with zero attached hydrogens (tertiary/aromatic N) is 4. The summed E-state index contributed by atoms with van der Waals surface area (Å²) in [5.74, 6) is 0.529. The van der Waals surface area contributed by atoms with E-state index >= 15 is 0 Å². The Bertz CT molecular complexity index is 1120. The van der Waals surface area contributed by atoms with Gasteiger partial charge in [-0.15, -0.1) is 0 Å². The normalized spacial score (nSPS) is 23.4. The Labute approximate surface area is 218 Å². The van der Waals surface area contributed by atoms with E-state index in [1.54, 1.807) is 0 Å². The number of amides is 1. The number of anilines is 4. The predicted octanol–water partition coefficient (Wildman–Crippen LogP) is 3.98. The first kappa shape index (κ1) is 24.2. The Hall–Kier alpha value is -3.10. The molecule has 1 amide bonds. The highest BCUT2D eigenvalue weighted by Gasteiger charge is 2.41. The Morgan fingerprint density at radius 3 is 2.49 bits per heavy atom. The zero-order valence-corrected chi connectivity index (χ0v) is 21.4. The minimum absolute atomic E-state index is 0.110. The number of carbonyl (C=O) groups excluding carboxylic acids is 1. The monoisotopic (exact) mass is 503 g/mol. The lowest BCUT2D eigenvalue weighted by Gasteiger charge is -2.40. The SMILES string of the molecule is O=C(C1CC1)N1CCC(O)(CC2CC=NN2c2cccc(Nc3ccc(N4CCOCC4)cc3)c2)CC1. The average Bonchev–Trinajstić information content (AvgIpc) is 3.69. The van der Waals surface area contributed by atoms with Crippen molar-refractivity contribution in [2.45, 2.75) is 50.2 Å². The first-order chi connectivity index (χ1) is 18.1. The number of carbonyl (C=O) groups is 1. The average molecular weight is 504 g/mol. The summed E-state index contributed by atoms with van der Waals surface area (Å²) >= 11 is 0. The zero-order chi connectivity index (χ0) is 25.2. The van der Waals surface area contributed by atoms with Crippen LogP contribution in [0.3, 0.4) is 0 Å². The van der Waals surface area contributed by atoms with Gasteiger partial charge in [-0.25, -0.2) is 0 Å². The molecule has 4 aliphatic rings. The van der Waals surface area contributed by atoms with Gasteiger partial charge < -0.3 is 25.0 Å². The summed E-state index contributed by atoms with van der Waals surface area (Å²) in [5, 5.41) is 21.6. The lowest BCUT2D eigenvalue weighted by molar-refractivity contribution is -0.137. The number of piperidine rings is 1. The maximum atomic E-state index is 12.4. The molecule has 8 nitrogen and oxygen atoms in total. The van der Waals surface area contributed by atoms with E-state index in [4.69, 9.17) is 4.74 Å². The third-order valence-corrected chi connectivity index (χ3v) is 8.12. The van der Waals surface area contributed by atoms with Gasteiger partial charge in [-0.1, -0.05) is 6.07 Å². The second kappa shape index (κ2) is 10.3. The van der Waals surface area contributed by atoms with Gasteiger partial charge >= 0.3 is 0 Å². The third-order valence-electron chi connectivity index (χ3n) is 8.12. The molecule has 8 heteroatoms. The Balaban J connectivity index is 1.07. The maximum Gasteiger partial charge on any atom is 0.225 e. The summed E-state index contributed by atoms with van der Waals surface area (Å²) in [6, 6.07) is 16.9. The largest absolute Gasteiger partial charge is 0.390 e. The summed E-state index contributed by atoms with van der Waals surface area (Å²) in [6.07, 6.45) is 6.75. The minimum atomic E-state index is -0.755.